The summed E-state index contributed by atoms with van der Waals surface area (Å²) in [4.78, 5) is 24.5. The highest BCUT2D eigenvalue weighted by molar-refractivity contribution is 5.94. The molecule has 0 aliphatic heterocycles. The Hall–Kier alpha value is -3.37. The number of urea groups is 1. The lowest BCUT2D eigenvalue weighted by molar-refractivity contribution is -0.259. The molecule has 0 heterocycles. The molecule has 0 aromatic heterocycles. The van der Waals surface area contributed by atoms with Crippen molar-refractivity contribution in [1.29, 1.82) is 0 Å². The maximum atomic E-state index is 14.0. The molecule has 2 rings (SSSR count). The number of anilines is 1. The minimum atomic E-state index is -5.48. The summed E-state index contributed by atoms with van der Waals surface area (Å²) in [5.41, 5.74) is -3.74. The number of hydrogen-bond donors (Lipinski definition) is 2. The summed E-state index contributed by atoms with van der Waals surface area (Å²) in [6, 6.07) is 5.04. The molecule has 2 aromatic rings. The van der Waals surface area contributed by atoms with Gasteiger partial charge in [0.2, 0.25) is 0 Å². The number of hydrogen-bond acceptors (Lipinski definition) is 4. The van der Waals surface area contributed by atoms with Gasteiger partial charge in [0.1, 0.15) is 17.4 Å². The van der Waals surface area contributed by atoms with Crippen LogP contribution >= 0.6 is 0 Å². The van der Waals surface area contributed by atoms with Crippen LogP contribution in [-0.2, 0) is 9.53 Å². The third-order valence-corrected chi connectivity index (χ3v) is 3.78. The number of aryl methyl sites for hydroxylation is 1. The average Bonchev–Trinajstić information content (AvgIpc) is 2.65. The van der Waals surface area contributed by atoms with E-state index in [1.807, 2.05) is 5.32 Å². The molecule has 0 spiro atoms. The summed E-state index contributed by atoms with van der Waals surface area (Å²) in [5.74, 6) is -4.02. The first-order chi connectivity index (χ1) is 14.0. The number of alkyl halides is 3. The zero-order chi connectivity index (χ0) is 22.5. The van der Waals surface area contributed by atoms with Crippen LogP contribution in [0.25, 0.3) is 0 Å². The van der Waals surface area contributed by atoms with Crippen molar-refractivity contribution in [3.63, 3.8) is 0 Å². The molecular weight excluding hydrogens is 415 g/mol. The van der Waals surface area contributed by atoms with Gasteiger partial charge in [-0.15, -0.1) is 0 Å². The van der Waals surface area contributed by atoms with Crippen LogP contribution in [0.4, 0.5) is 32.4 Å². The fourth-order valence-electron chi connectivity index (χ4n) is 2.32. The monoisotopic (exact) mass is 432 g/mol. The van der Waals surface area contributed by atoms with Crippen molar-refractivity contribution in [2.45, 2.75) is 25.7 Å². The van der Waals surface area contributed by atoms with E-state index in [0.717, 1.165) is 36.4 Å². The minimum Gasteiger partial charge on any atom is -0.461 e. The van der Waals surface area contributed by atoms with Crippen molar-refractivity contribution in [3.8, 4) is 5.75 Å². The summed E-state index contributed by atoms with van der Waals surface area (Å²) >= 11 is 0. The Morgan fingerprint density at radius 1 is 1.00 bits per heavy atom. The summed E-state index contributed by atoms with van der Waals surface area (Å²) in [6.45, 7) is 2.29. The van der Waals surface area contributed by atoms with Crippen molar-refractivity contribution in [2.24, 2.45) is 0 Å². The molecule has 162 valence electrons. The topological polar surface area (TPSA) is 76.7 Å². The molecule has 0 aliphatic rings. The van der Waals surface area contributed by atoms with E-state index in [4.69, 9.17) is 4.74 Å². The standard InChI is InChI=1S/C19H17F5N2O4/c1-3-29-16(27)18(19(22,23)24,30-14-8-6-12(20)7-9-14)26-17(28)25-15-10-13(21)5-4-11(15)2/h4-10H,3H2,1-2H3,(H2,25,26,28)/t18-/m0/s1. The fourth-order valence-corrected chi connectivity index (χ4v) is 2.32. The summed E-state index contributed by atoms with van der Waals surface area (Å²) in [5, 5.41) is 3.46. The molecule has 2 N–H and O–H groups in total. The Balaban J connectivity index is 2.42. The molecule has 1 atom stereocenters. The van der Waals surface area contributed by atoms with E-state index in [9.17, 15) is 31.5 Å². The van der Waals surface area contributed by atoms with Gasteiger partial charge in [0.05, 0.1) is 6.61 Å². The normalized spacial score (nSPS) is 13.2. The number of benzene rings is 2. The molecule has 0 aliphatic carbocycles. The van der Waals surface area contributed by atoms with Gasteiger partial charge in [-0.3, -0.25) is 5.32 Å². The maximum absolute atomic E-state index is 14.0. The first-order valence-electron chi connectivity index (χ1n) is 8.52. The molecule has 6 nitrogen and oxygen atoms in total. The number of carbonyl (C=O) groups excluding carboxylic acids is 2. The second kappa shape index (κ2) is 8.97. The molecule has 2 amide bonds. The Morgan fingerprint density at radius 2 is 1.60 bits per heavy atom. The van der Waals surface area contributed by atoms with E-state index in [2.05, 4.69) is 4.74 Å². The molecule has 0 unspecified atom stereocenters. The SMILES string of the molecule is CCOC(=O)[C@](NC(=O)Nc1cc(F)ccc1C)(Oc1ccc(F)cc1)C(F)(F)F. The Kier molecular flexibility index (Phi) is 6.85. The molecule has 0 saturated heterocycles. The van der Waals surface area contributed by atoms with E-state index in [1.165, 1.54) is 25.2 Å². The first-order valence-corrected chi connectivity index (χ1v) is 8.52. The van der Waals surface area contributed by atoms with Crippen LogP contribution in [0.1, 0.15) is 12.5 Å². The van der Waals surface area contributed by atoms with Crippen LogP contribution in [0.3, 0.4) is 0 Å². The molecule has 0 bridgehead atoms. The maximum Gasteiger partial charge on any atom is 0.460 e. The lowest BCUT2D eigenvalue weighted by atomic mass is 10.2. The highest BCUT2D eigenvalue weighted by Gasteiger charge is 2.66. The van der Waals surface area contributed by atoms with Crippen molar-refractivity contribution in [1.82, 2.24) is 5.32 Å². The van der Waals surface area contributed by atoms with Crippen LogP contribution < -0.4 is 15.4 Å². The molecule has 30 heavy (non-hydrogen) atoms. The van der Waals surface area contributed by atoms with E-state index >= 15 is 0 Å². The van der Waals surface area contributed by atoms with Gasteiger partial charge in [0.15, 0.2) is 0 Å². The van der Waals surface area contributed by atoms with Crippen molar-refractivity contribution in [3.05, 3.63) is 59.7 Å². The number of halogens is 5. The third-order valence-electron chi connectivity index (χ3n) is 3.78. The van der Waals surface area contributed by atoms with Crippen LogP contribution in [0.15, 0.2) is 42.5 Å². The van der Waals surface area contributed by atoms with Crippen molar-refractivity contribution in [2.75, 3.05) is 11.9 Å². The van der Waals surface area contributed by atoms with Gasteiger partial charge in [0, 0.05) is 5.69 Å². The van der Waals surface area contributed by atoms with Crippen LogP contribution in [0.2, 0.25) is 0 Å². The number of esters is 1. The molecular formula is C19H17F5N2O4. The summed E-state index contributed by atoms with van der Waals surface area (Å²) < 4.78 is 77.6. The highest BCUT2D eigenvalue weighted by Crippen LogP contribution is 2.34. The number of amides is 2. The number of carbonyl (C=O) groups is 2. The Morgan fingerprint density at radius 3 is 2.17 bits per heavy atom. The van der Waals surface area contributed by atoms with Crippen LogP contribution in [-0.4, -0.2) is 30.5 Å². The van der Waals surface area contributed by atoms with E-state index in [-0.39, 0.29) is 5.69 Å². The van der Waals surface area contributed by atoms with Gasteiger partial charge in [0.25, 0.3) is 0 Å². The number of ether oxygens (including phenoxy) is 2. The largest absolute Gasteiger partial charge is 0.461 e. The van der Waals surface area contributed by atoms with Crippen molar-refractivity contribution < 1.29 is 41.0 Å². The van der Waals surface area contributed by atoms with Crippen molar-refractivity contribution >= 4 is 17.7 Å². The van der Waals surface area contributed by atoms with Gasteiger partial charge in [-0.2, -0.15) is 13.2 Å². The Bertz CT molecular complexity index is 918. The smallest absolute Gasteiger partial charge is 0.460 e. The molecule has 11 heteroatoms. The second-order valence-corrected chi connectivity index (χ2v) is 5.99. The van der Waals surface area contributed by atoms with Gasteiger partial charge in [-0.25, -0.2) is 18.4 Å². The van der Waals surface area contributed by atoms with Crippen LogP contribution in [0, 0.1) is 18.6 Å². The highest BCUT2D eigenvalue weighted by atomic mass is 19.4. The average molecular weight is 432 g/mol. The Labute approximate surface area is 168 Å². The predicted molar refractivity (Wildman–Crippen MR) is 95.7 cm³/mol. The fraction of sp³-hybridized carbons (Fsp3) is 0.263. The zero-order valence-corrected chi connectivity index (χ0v) is 15.8. The summed E-state index contributed by atoms with van der Waals surface area (Å²) in [6.07, 6.45) is -5.48. The lowest BCUT2D eigenvalue weighted by Gasteiger charge is -2.34. The number of rotatable bonds is 6. The van der Waals surface area contributed by atoms with Gasteiger partial charge in [-0.05, 0) is 55.8 Å². The lowest BCUT2D eigenvalue weighted by Crippen LogP contribution is -2.69. The third kappa shape index (κ3) is 5.16. The number of nitrogens with one attached hydrogen (secondary N) is 2. The van der Waals surface area contributed by atoms with E-state index < -0.39 is 47.9 Å². The van der Waals surface area contributed by atoms with E-state index in [0.29, 0.717) is 5.56 Å². The van der Waals surface area contributed by atoms with Gasteiger partial charge in [-0.1, -0.05) is 6.07 Å². The summed E-state index contributed by atoms with van der Waals surface area (Å²) in [7, 11) is 0. The van der Waals surface area contributed by atoms with Gasteiger partial charge < -0.3 is 14.8 Å². The molecule has 0 radical (unpaired) electrons. The van der Waals surface area contributed by atoms with Gasteiger partial charge >= 0.3 is 23.9 Å². The first kappa shape index (κ1) is 22.9. The minimum absolute atomic E-state index is 0.130. The quantitative estimate of drug-likeness (QED) is 0.406. The second-order valence-electron chi connectivity index (χ2n) is 5.99. The zero-order valence-electron chi connectivity index (χ0n) is 15.8. The molecule has 0 saturated carbocycles. The van der Waals surface area contributed by atoms with Crippen LogP contribution in [0.5, 0.6) is 5.75 Å². The predicted octanol–water partition coefficient (Wildman–Crippen LogP) is 4.30. The molecule has 0 fully saturated rings. The van der Waals surface area contributed by atoms with E-state index in [1.54, 1.807) is 0 Å². The molecule has 2 aromatic carbocycles.